The molecule has 2 aromatic heterocycles. The standard InChI is InChI=1S/C13H19N3O2/c1-2-5-16-10-13(9-15-16)18-7-4-14-8-12-3-6-17-11-12/h3,6,9-11,14H,2,4-5,7-8H2,1H3. The van der Waals surface area contributed by atoms with E-state index in [9.17, 15) is 0 Å². The molecule has 0 aliphatic rings. The first kappa shape index (κ1) is 12.7. The number of aryl methyl sites for hydroxylation is 1. The van der Waals surface area contributed by atoms with Gasteiger partial charge in [0, 0.05) is 25.2 Å². The predicted octanol–water partition coefficient (Wildman–Crippen LogP) is 2.05. The van der Waals surface area contributed by atoms with Crippen LogP contribution in [0.5, 0.6) is 5.75 Å². The average Bonchev–Trinajstić information content (AvgIpc) is 3.01. The monoisotopic (exact) mass is 249 g/mol. The van der Waals surface area contributed by atoms with Crippen LogP contribution in [0.2, 0.25) is 0 Å². The van der Waals surface area contributed by atoms with E-state index in [2.05, 4.69) is 17.3 Å². The number of hydrogen-bond acceptors (Lipinski definition) is 4. The Hall–Kier alpha value is -1.75. The molecule has 98 valence electrons. The Morgan fingerprint density at radius 2 is 2.44 bits per heavy atom. The quantitative estimate of drug-likeness (QED) is 0.727. The molecule has 0 fully saturated rings. The van der Waals surface area contributed by atoms with Crippen LogP contribution in [-0.2, 0) is 13.1 Å². The van der Waals surface area contributed by atoms with Crippen molar-refractivity contribution < 1.29 is 9.15 Å². The Morgan fingerprint density at radius 3 is 3.22 bits per heavy atom. The lowest BCUT2D eigenvalue weighted by atomic mass is 10.3. The van der Waals surface area contributed by atoms with Crippen molar-refractivity contribution in [3.8, 4) is 5.75 Å². The Labute approximate surface area is 107 Å². The number of aromatic nitrogens is 2. The first-order chi connectivity index (χ1) is 8.88. The first-order valence-electron chi connectivity index (χ1n) is 6.25. The molecule has 2 rings (SSSR count). The van der Waals surface area contributed by atoms with Crippen molar-refractivity contribution >= 4 is 0 Å². The number of hydrogen-bond donors (Lipinski definition) is 1. The second-order valence-electron chi connectivity index (χ2n) is 4.10. The number of ether oxygens (including phenoxy) is 1. The van der Waals surface area contributed by atoms with E-state index >= 15 is 0 Å². The molecule has 1 N–H and O–H groups in total. The van der Waals surface area contributed by atoms with Crippen LogP contribution in [0.25, 0.3) is 0 Å². The lowest BCUT2D eigenvalue weighted by Gasteiger charge is -2.04. The summed E-state index contributed by atoms with van der Waals surface area (Å²) in [6.45, 7) is 5.29. The van der Waals surface area contributed by atoms with Crippen LogP contribution in [-0.4, -0.2) is 22.9 Å². The molecule has 0 bridgehead atoms. The SMILES string of the molecule is CCCn1cc(OCCNCc2ccoc2)cn1. The van der Waals surface area contributed by atoms with Gasteiger partial charge in [-0.25, -0.2) is 0 Å². The van der Waals surface area contributed by atoms with E-state index in [4.69, 9.17) is 9.15 Å². The van der Waals surface area contributed by atoms with Gasteiger partial charge in [-0.15, -0.1) is 0 Å². The zero-order chi connectivity index (χ0) is 12.6. The largest absolute Gasteiger partial charge is 0.489 e. The van der Waals surface area contributed by atoms with Crippen LogP contribution in [0, 0.1) is 0 Å². The summed E-state index contributed by atoms with van der Waals surface area (Å²) < 4.78 is 12.5. The Kier molecular flexibility index (Phi) is 4.84. The van der Waals surface area contributed by atoms with E-state index in [1.807, 2.05) is 16.9 Å². The zero-order valence-electron chi connectivity index (χ0n) is 10.6. The Bertz CT molecular complexity index is 437. The average molecular weight is 249 g/mol. The minimum absolute atomic E-state index is 0.635. The van der Waals surface area contributed by atoms with E-state index in [0.717, 1.165) is 37.4 Å². The van der Waals surface area contributed by atoms with Gasteiger partial charge in [0.05, 0.1) is 24.9 Å². The number of nitrogens with one attached hydrogen (secondary N) is 1. The highest BCUT2D eigenvalue weighted by Gasteiger charge is 1.98. The molecule has 5 heteroatoms. The second-order valence-corrected chi connectivity index (χ2v) is 4.10. The minimum Gasteiger partial charge on any atom is -0.489 e. The van der Waals surface area contributed by atoms with E-state index < -0.39 is 0 Å². The van der Waals surface area contributed by atoms with Gasteiger partial charge in [-0.1, -0.05) is 6.92 Å². The van der Waals surface area contributed by atoms with Gasteiger partial charge in [-0.05, 0) is 12.5 Å². The second kappa shape index (κ2) is 6.86. The molecule has 0 amide bonds. The van der Waals surface area contributed by atoms with Crippen LogP contribution in [0.3, 0.4) is 0 Å². The van der Waals surface area contributed by atoms with E-state index in [-0.39, 0.29) is 0 Å². The molecule has 0 radical (unpaired) electrons. The maximum Gasteiger partial charge on any atom is 0.157 e. The smallest absolute Gasteiger partial charge is 0.157 e. The third kappa shape index (κ3) is 3.92. The summed E-state index contributed by atoms with van der Waals surface area (Å²) in [4.78, 5) is 0. The highest BCUT2D eigenvalue weighted by Crippen LogP contribution is 2.08. The molecule has 2 aromatic rings. The molecular formula is C13H19N3O2. The van der Waals surface area contributed by atoms with Crippen molar-refractivity contribution in [2.75, 3.05) is 13.2 Å². The maximum absolute atomic E-state index is 5.58. The fourth-order valence-electron chi connectivity index (χ4n) is 1.64. The molecule has 0 aliphatic heterocycles. The van der Waals surface area contributed by atoms with Gasteiger partial charge in [-0.3, -0.25) is 4.68 Å². The van der Waals surface area contributed by atoms with Gasteiger partial charge in [0.15, 0.2) is 5.75 Å². The molecule has 0 aliphatic carbocycles. The predicted molar refractivity (Wildman–Crippen MR) is 68.4 cm³/mol. The summed E-state index contributed by atoms with van der Waals surface area (Å²) in [5.41, 5.74) is 1.14. The molecule has 0 spiro atoms. The van der Waals surface area contributed by atoms with E-state index in [1.165, 1.54) is 0 Å². The molecule has 0 aromatic carbocycles. The summed E-state index contributed by atoms with van der Waals surface area (Å²) in [5, 5.41) is 7.48. The van der Waals surface area contributed by atoms with Crippen LogP contribution in [0.4, 0.5) is 0 Å². The lowest BCUT2D eigenvalue weighted by molar-refractivity contribution is 0.313. The molecule has 2 heterocycles. The van der Waals surface area contributed by atoms with Crippen LogP contribution < -0.4 is 10.1 Å². The summed E-state index contributed by atoms with van der Waals surface area (Å²) in [6.07, 6.45) is 8.18. The van der Waals surface area contributed by atoms with Crippen LogP contribution in [0.15, 0.2) is 35.4 Å². The van der Waals surface area contributed by atoms with Crippen molar-refractivity contribution in [3.63, 3.8) is 0 Å². The van der Waals surface area contributed by atoms with E-state index in [1.54, 1.807) is 18.7 Å². The molecular weight excluding hydrogens is 230 g/mol. The van der Waals surface area contributed by atoms with Crippen molar-refractivity contribution in [2.45, 2.75) is 26.4 Å². The summed E-state index contributed by atoms with van der Waals surface area (Å²) >= 11 is 0. The zero-order valence-corrected chi connectivity index (χ0v) is 10.6. The fraction of sp³-hybridized carbons (Fsp3) is 0.462. The molecule has 0 atom stereocenters. The van der Waals surface area contributed by atoms with Gasteiger partial charge >= 0.3 is 0 Å². The third-order valence-electron chi connectivity index (χ3n) is 2.52. The molecule has 0 saturated heterocycles. The molecule has 0 saturated carbocycles. The number of nitrogens with zero attached hydrogens (tertiary/aromatic N) is 2. The fourth-order valence-corrected chi connectivity index (χ4v) is 1.64. The summed E-state index contributed by atoms with van der Waals surface area (Å²) in [5.74, 6) is 0.827. The minimum atomic E-state index is 0.635. The van der Waals surface area contributed by atoms with Crippen molar-refractivity contribution in [1.29, 1.82) is 0 Å². The van der Waals surface area contributed by atoms with Crippen molar-refractivity contribution in [1.82, 2.24) is 15.1 Å². The molecule has 18 heavy (non-hydrogen) atoms. The third-order valence-corrected chi connectivity index (χ3v) is 2.52. The topological polar surface area (TPSA) is 52.2 Å². The van der Waals surface area contributed by atoms with Gasteiger partial charge in [-0.2, -0.15) is 5.10 Å². The number of rotatable bonds is 8. The highest BCUT2D eigenvalue weighted by atomic mass is 16.5. The summed E-state index contributed by atoms with van der Waals surface area (Å²) in [6, 6.07) is 1.95. The van der Waals surface area contributed by atoms with Crippen LogP contribution >= 0.6 is 0 Å². The van der Waals surface area contributed by atoms with Crippen LogP contribution in [0.1, 0.15) is 18.9 Å². The highest BCUT2D eigenvalue weighted by molar-refractivity contribution is 5.11. The molecule has 5 nitrogen and oxygen atoms in total. The lowest BCUT2D eigenvalue weighted by Crippen LogP contribution is -2.20. The maximum atomic E-state index is 5.58. The van der Waals surface area contributed by atoms with E-state index in [0.29, 0.717) is 6.61 Å². The van der Waals surface area contributed by atoms with Crippen molar-refractivity contribution in [2.24, 2.45) is 0 Å². The van der Waals surface area contributed by atoms with Gasteiger partial charge in [0.2, 0.25) is 0 Å². The Morgan fingerprint density at radius 1 is 1.50 bits per heavy atom. The number of furan rings is 1. The van der Waals surface area contributed by atoms with Gasteiger partial charge in [0.1, 0.15) is 6.61 Å². The molecule has 0 unspecified atom stereocenters. The van der Waals surface area contributed by atoms with Gasteiger partial charge < -0.3 is 14.5 Å². The van der Waals surface area contributed by atoms with Crippen molar-refractivity contribution in [3.05, 3.63) is 36.5 Å². The summed E-state index contributed by atoms with van der Waals surface area (Å²) in [7, 11) is 0. The van der Waals surface area contributed by atoms with Gasteiger partial charge in [0.25, 0.3) is 0 Å². The Balaban J connectivity index is 1.59. The normalized spacial score (nSPS) is 10.7. The first-order valence-corrected chi connectivity index (χ1v) is 6.25.